The average molecular weight is 290 g/mol. The Morgan fingerprint density at radius 2 is 2.10 bits per heavy atom. The molecule has 3 heteroatoms. The van der Waals surface area contributed by atoms with E-state index in [0.29, 0.717) is 12.1 Å². The summed E-state index contributed by atoms with van der Waals surface area (Å²) in [7, 11) is 0. The molecule has 1 aromatic rings. The molecule has 0 heterocycles. The lowest BCUT2D eigenvalue weighted by Gasteiger charge is -2.39. The molecule has 0 aliphatic heterocycles. The minimum atomic E-state index is 0.276. The maximum Gasteiger partial charge on any atom is 0.0447 e. The second kappa shape index (κ2) is 7.81. The summed E-state index contributed by atoms with van der Waals surface area (Å²) in [5, 5.41) is 12.6. The van der Waals surface area contributed by atoms with E-state index < -0.39 is 0 Å². The monoisotopic (exact) mass is 290 g/mol. The second-order valence-electron chi connectivity index (χ2n) is 6.50. The Balaban J connectivity index is 2.08. The zero-order chi connectivity index (χ0) is 15.2. The third-order valence-corrected chi connectivity index (χ3v) is 4.43. The third kappa shape index (κ3) is 4.45. The molecule has 0 atom stereocenters. The smallest absolute Gasteiger partial charge is 0.0447 e. The van der Waals surface area contributed by atoms with Gasteiger partial charge >= 0.3 is 0 Å². The Morgan fingerprint density at radius 1 is 1.33 bits per heavy atom. The van der Waals surface area contributed by atoms with Gasteiger partial charge in [0.05, 0.1) is 0 Å². The number of aryl methyl sites for hydroxylation is 1. The van der Waals surface area contributed by atoms with Crippen LogP contribution < -0.4 is 10.2 Å². The fraction of sp³-hybridized carbons (Fsp3) is 0.667. The van der Waals surface area contributed by atoms with Crippen LogP contribution in [0.3, 0.4) is 0 Å². The van der Waals surface area contributed by atoms with Crippen molar-refractivity contribution in [2.45, 2.75) is 65.1 Å². The summed E-state index contributed by atoms with van der Waals surface area (Å²) in [4.78, 5) is 2.49. The summed E-state index contributed by atoms with van der Waals surface area (Å²) in [6.07, 6.45) is 4.78. The molecule has 1 saturated carbocycles. The predicted octanol–water partition coefficient (Wildman–Crippen LogP) is 3.23. The lowest BCUT2D eigenvalue weighted by Crippen LogP contribution is -2.41. The highest BCUT2D eigenvalue weighted by atomic mass is 16.3. The Kier molecular flexibility index (Phi) is 6.07. The van der Waals surface area contributed by atoms with Gasteiger partial charge in [0.2, 0.25) is 0 Å². The van der Waals surface area contributed by atoms with Gasteiger partial charge in [0, 0.05) is 37.5 Å². The Labute approximate surface area is 129 Å². The van der Waals surface area contributed by atoms with Gasteiger partial charge in [-0.2, -0.15) is 0 Å². The quantitative estimate of drug-likeness (QED) is 0.771. The topological polar surface area (TPSA) is 35.5 Å². The van der Waals surface area contributed by atoms with Crippen molar-refractivity contribution in [2.24, 2.45) is 0 Å². The molecule has 1 aliphatic carbocycles. The predicted molar refractivity (Wildman–Crippen MR) is 89.8 cm³/mol. The van der Waals surface area contributed by atoms with Gasteiger partial charge in [-0.3, -0.25) is 0 Å². The SMILES string of the molecule is Cc1cc(N(CCCO)C2CCC2)ccc1CNC(C)C. The standard InChI is InChI=1S/C18H30N2O/c1-14(2)19-13-16-8-9-18(12-15(16)3)20(10-5-11-21)17-6-4-7-17/h8-9,12,14,17,19,21H,4-7,10-11,13H2,1-3H3. The normalized spacial score (nSPS) is 15.3. The zero-order valence-corrected chi connectivity index (χ0v) is 13.7. The van der Waals surface area contributed by atoms with Gasteiger partial charge in [-0.05, 0) is 55.9 Å². The Bertz CT molecular complexity index is 441. The molecule has 0 radical (unpaired) electrons. The van der Waals surface area contributed by atoms with Crippen molar-refractivity contribution in [3.8, 4) is 0 Å². The van der Waals surface area contributed by atoms with Crippen LogP contribution in [0.15, 0.2) is 18.2 Å². The van der Waals surface area contributed by atoms with E-state index in [-0.39, 0.29) is 6.61 Å². The van der Waals surface area contributed by atoms with Crippen molar-refractivity contribution in [1.29, 1.82) is 0 Å². The Hall–Kier alpha value is -1.06. The van der Waals surface area contributed by atoms with Crippen molar-refractivity contribution in [3.05, 3.63) is 29.3 Å². The highest BCUT2D eigenvalue weighted by molar-refractivity contribution is 5.52. The molecule has 0 amide bonds. The minimum Gasteiger partial charge on any atom is -0.396 e. The van der Waals surface area contributed by atoms with Gasteiger partial charge < -0.3 is 15.3 Å². The van der Waals surface area contributed by atoms with Crippen LogP contribution in [-0.2, 0) is 6.54 Å². The summed E-state index contributed by atoms with van der Waals surface area (Å²) >= 11 is 0. The molecule has 1 fully saturated rings. The number of benzene rings is 1. The highest BCUT2D eigenvalue weighted by Crippen LogP contribution is 2.30. The number of nitrogens with one attached hydrogen (secondary N) is 1. The van der Waals surface area contributed by atoms with Gasteiger partial charge in [-0.1, -0.05) is 19.9 Å². The first-order chi connectivity index (χ1) is 10.1. The van der Waals surface area contributed by atoms with E-state index in [2.05, 4.69) is 49.2 Å². The van der Waals surface area contributed by atoms with Crippen molar-refractivity contribution < 1.29 is 5.11 Å². The number of hydrogen-bond acceptors (Lipinski definition) is 3. The highest BCUT2D eigenvalue weighted by Gasteiger charge is 2.25. The Morgan fingerprint density at radius 3 is 2.62 bits per heavy atom. The molecule has 0 unspecified atom stereocenters. The number of rotatable bonds is 8. The fourth-order valence-corrected chi connectivity index (χ4v) is 2.83. The molecule has 1 aliphatic rings. The van der Waals surface area contributed by atoms with Crippen LogP contribution in [-0.4, -0.2) is 30.3 Å². The maximum atomic E-state index is 9.12. The summed E-state index contributed by atoms with van der Waals surface area (Å²) in [6.45, 7) is 8.73. The van der Waals surface area contributed by atoms with Crippen LogP contribution in [0.25, 0.3) is 0 Å². The summed E-state index contributed by atoms with van der Waals surface area (Å²) < 4.78 is 0. The van der Waals surface area contributed by atoms with E-state index in [0.717, 1.165) is 19.5 Å². The first-order valence-corrected chi connectivity index (χ1v) is 8.32. The van der Waals surface area contributed by atoms with Crippen LogP contribution in [0.5, 0.6) is 0 Å². The molecule has 21 heavy (non-hydrogen) atoms. The zero-order valence-electron chi connectivity index (χ0n) is 13.7. The molecule has 0 bridgehead atoms. The van der Waals surface area contributed by atoms with Gasteiger partial charge in [-0.15, -0.1) is 0 Å². The van der Waals surface area contributed by atoms with Gasteiger partial charge in [0.1, 0.15) is 0 Å². The second-order valence-corrected chi connectivity index (χ2v) is 6.50. The van der Waals surface area contributed by atoms with E-state index in [9.17, 15) is 0 Å². The van der Waals surface area contributed by atoms with Crippen molar-refractivity contribution in [3.63, 3.8) is 0 Å². The van der Waals surface area contributed by atoms with Gasteiger partial charge in [-0.25, -0.2) is 0 Å². The molecule has 0 aromatic heterocycles. The molecule has 0 spiro atoms. The minimum absolute atomic E-state index is 0.276. The van der Waals surface area contributed by atoms with Crippen molar-refractivity contribution in [1.82, 2.24) is 5.32 Å². The van der Waals surface area contributed by atoms with Gasteiger partial charge in [0.25, 0.3) is 0 Å². The molecule has 3 nitrogen and oxygen atoms in total. The van der Waals surface area contributed by atoms with Crippen LogP contribution in [0, 0.1) is 6.92 Å². The summed E-state index contributed by atoms with van der Waals surface area (Å²) in [6, 6.07) is 8.01. The molecule has 2 N–H and O–H groups in total. The largest absolute Gasteiger partial charge is 0.396 e. The number of aliphatic hydroxyl groups is 1. The lowest BCUT2D eigenvalue weighted by atomic mass is 9.90. The van der Waals surface area contributed by atoms with Crippen LogP contribution in [0.1, 0.15) is 50.7 Å². The van der Waals surface area contributed by atoms with Crippen molar-refractivity contribution in [2.75, 3.05) is 18.1 Å². The molecule has 2 rings (SSSR count). The maximum absolute atomic E-state index is 9.12. The number of nitrogens with zero attached hydrogens (tertiary/aromatic N) is 1. The molecule has 0 saturated heterocycles. The van der Waals surface area contributed by atoms with E-state index in [1.54, 1.807) is 0 Å². The summed E-state index contributed by atoms with van der Waals surface area (Å²) in [5.74, 6) is 0. The molecular weight excluding hydrogens is 260 g/mol. The van der Waals surface area contributed by atoms with E-state index in [1.165, 1.54) is 36.1 Å². The van der Waals surface area contributed by atoms with Crippen LogP contribution >= 0.6 is 0 Å². The van der Waals surface area contributed by atoms with E-state index in [4.69, 9.17) is 5.11 Å². The van der Waals surface area contributed by atoms with Crippen molar-refractivity contribution >= 4 is 5.69 Å². The molecule has 118 valence electrons. The van der Waals surface area contributed by atoms with Gasteiger partial charge in [0.15, 0.2) is 0 Å². The fourth-order valence-electron chi connectivity index (χ4n) is 2.83. The average Bonchev–Trinajstić information content (AvgIpc) is 2.39. The van der Waals surface area contributed by atoms with Crippen LogP contribution in [0.2, 0.25) is 0 Å². The first kappa shape index (κ1) is 16.3. The first-order valence-electron chi connectivity index (χ1n) is 8.32. The number of anilines is 1. The van der Waals surface area contributed by atoms with E-state index in [1.807, 2.05) is 0 Å². The summed E-state index contributed by atoms with van der Waals surface area (Å²) in [5.41, 5.74) is 4.05. The molecular formula is C18H30N2O. The lowest BCUT2D eigenvalue weighted by molar-refractivity contribution is 0.283. The van der Waals surface area contributed by atoms with Crippen LogP contribution in [0.4, 0.5) is 5.69 Å². The number of aliphatic hydroxyl groups excluding tert-OH is 1. The molecule has 1 aromatic carbocycles. The number of hydrogen-bond donors (Lipinski definition) is 2. The third-order valence-electron chi connectivity index (χ3n) is 4.43. The van der Waals surface area contributed by atoms with E-state index >= 15 is 0 Å².